The standard InChI is InChI=1S/C18H21F2N3O3S/c1-24-16-6-14(19)11(5-15(16)20)9-26-10-12-7-21-18(25-2)22-17(12)23-4-3-13(27)8-23/h5-7,13,27H,3-4,8-10H2,1-2H3. The molecule has 3 rings (SSSR count). The van der Waals surface area contributed by atoms with Crippen molar-refractivity contribution in [1.29, 1.82) is 0 Å². The summed E-state index contributed by atoms with van der Waals surface area (Å²) in [6.45, 7) is 1.64. The number of methoxy groups -OCH3 is 2. The maximum Gasteiger partial charge on any atom is 0.318 e. The average Bonchev–Trinajstić information content (AvgIpc) is 3.10. The molecule has 0 N–H and O–H groups in total. The number of nitrogens with zero attached hydrogens (tertiary/aromatic N) is 3. The fourth-order valence-corrected chi connectivity index (χ4v) is 3.21. The van der Waals surface area contributed by atoms with Gasteiger partial charge in [-0.25, -0.2) is 13.8 Å². The minimum atomic E-state index is -0.636. The molecule has 1 aromatic heterocycles. The van der Waals surface area contributed by atoms with E-state index in [1.54, 1.807) is 6.20 Å². The fraction of sp³-hybridized carbons (Fsp3) is 0.444. The van der Waals surface area contributed by atoms with Gasteiger partial charge in [-0.15, -0.1) is 0 Å². The summed E-state index contributed by atoms with van der Waals surface area (Å²) in [4.78, 5) is 10.6. The Bertz CT molecular complexity index is 810. The monoisotopic (exact) mass is 397 g/mol. The third kappa shape index (κ3) is 4.59. The summed E-state index contributed by atoms with van der Waals surface area (Å²) in [7, 11) is 2.79. The highest BCUT2D eigenvalue weighted by molar-refractivity contribution is 7.81. The predicted molar refractivity (Wildman–Crippen MR) is 99.6 cm³/mol. The summed E-state index contributed by atoms with van der Waals surface area (Å²) in [6, 6.07) is 2.35. The molecule has 1 atom stereocenters. The Hall–Kier alpha value is -2.13. The molecule has 6 nitrogen and oxygen atoms in total. The smallest absolute Gasteiger partial charge is 0.318 e. The molecule has 1 fully saturated rings. The molecule has 1 aliphatic rings. The van der Waals surface area contributed by atoms with Gasteiger partial charge in [-0.2, -0.15) is 17.6 Å². The lowest BCUT2D eigenvalue weighted by Gasteiger charge is -2.20. The number of thiol groups is 1. The first-order chi connectivity index (χ1) is 13.0. The molecule has 0 spiro atoms. The minimum Gasteiger partial charge on any atom is -0.494 e. The van der Waals surface area contributed by atoms with Gasteiger partial charge in [-0.1, -0.05) is 0 Å². The maximum atomic E-state index is 14.0. The Morgan fingerprint density at radius 1 is 1.15 bits per heavy atom. The van der Waals surface area contributed by atoms with E-state index in [1.165, 1.54) is 14.2 Å². The molecule has 2 aromatic rings. The predicted octanol–water partition coefficient (Wildman–Crippen LogP) is 3.00. The SMILES string of the molecule is COc1ncc(COCc2cc(F)c(OC)cc2F)c(N2CCC(S)C2)n1. The zero-order valence-corrected chi connectivity index (χ0v) is 16.0. The number of benzene rings is 1. The van der Waals surface area contributed by atoms with Gasteiger partial charge in [-0.3, -0.25) is 0 Å². The summed E-state index contributed by atoms with van der Waals surface area (Å²) in [6.07, 6.45) is 2.57. The Morgan fingerprint density at radius 3 is 2.59 bits per heavy atom. The topological polar surface area (TPSA) is 56.7 Å². The van der Waals surface area contributed by atoms with Crippen molar-refractivity contribution in [3.8, 4) is 11.8 Å². The van der Waals surface area contributed by atoms with Crippen LogP contribution in [0.15, 0.2) is 18.3 Å². The van der Waals surface area contributed by atoms with Crippen LogP contribution in [0, 0.1) is 11.6 Å². The van der Waals surface area contributed by atoms with Gasteiger partial charge in [0.2, 0.25) is 0 Å². The Balaban J connectivity index is 1.72. The number of anilines is 1. The van der Waals surface area contributed by atoms with Crippen molar-refractivity contribution >= 4 is 18.4 Å². The van der Waals surface area contributed by atoms with Gasteiger partial charge in [0.15, 0.2) is 11.6 Å². The van der Waals surface area contributed by atoms with E-state index in [1.807, 2.05) is 0 Å². The maximum absolute atomic E-state index is 14.0. The van der Waals surface area contributed by atoms with Crippen LogP contribution in [0.3, 0.4) is 0 Å². The Morgan fingerprint density at radius 2 is 1.93 bits per heavy atom. The number of hydrogen-bond acceptors (Lipinski definition) is 7. The van der Waals surface area contributed by atoms with Crippen molar-refractivity contribution in [2.75, 3.05) is 32.2 Å². The van der Waals surface area contributed by atoms with Crippen LogP contribution in [0.4, 0.5) is 14.6 Å². The highest BCUT2D eigenvalue weighted by atomic mass is 32.1. The van der Waals surface area contributed by atoms with Crippen LogP contribution in [-0.4, -0.2) is 42.5 Å². The van der Waals surface area contributed by atoms with Gasteiger partial charge in [0.1, 0.15) is 11.6 Å². The minimum absolute atomic E-state index is 0.0899. The number of halogens is 2. The van der Waals surface area contributed by atoms with Gasteiger partial charge >= 0.3 is 6.01 Å². The fourth-order valence-electron chi connectivity index (χ4n) is 2.90. The largest absolute Gasteiger partial charge is 0.494 e. The van der Waals surface area contributed by atoms with Gasteiger partial charge in [0, 0.05) is 41.7 Å². The molecule has 2 heterocycles. The molecule has 27 heavy (non-hydrogen) atoms. The van der Waals surface area contributed by atoms with Crippen LogP contribution in [0.25, 0.3) is 0 Å². The zero-order valence-electron chi connectivity index (χ0n) is 15.1. The number of hydrogen-bond donors (Lipinski definition) is 1. The summed E-state index contributed by atoms with van der Waals surface area (Å²) in [5, 5.41) is 0.274. The lowest BCUT2D eigenvalue weighted by molar-refractivity contribution is 0.104. The first-order valence-corrected chi connectivity index (χ1v) is 8.96. The molecule has 1 aliphatic heterocycles. The lowest BCUT2D eigenvalue weighted by atomic mass is 10.2. The highest BCUT2D eigenvalue weighted by Gasteiger charge is 2.24. The molecule has 1 saturated heterocycles. The molecule has 9 heteroatoms. The summed E-state index contributed by atoms with van der Waals surface area (Å²) >= 11 is 4.51. The number of aromatic nitrogens is 2. The molecule has 0 saturated carbocycles. The molecule has 0 radical (unpaired) electrons. The van der Waals surface area contributed by atoms with Crippen molar-refractivity contribution in [3.63, 3.8) is 0 Å². The second-order valence-electron chi connectivity index (χ2n) is 6.17. The summed E-state index contributed by atoms with van der Waals surface area (Å²) < 4.78 is 43.3. The molecule has 146 valence electrons. The average molecular weight is 397 g/mol. The highest BCUT2D eigenvalue weighted by Crippen LogP contribution is 2.27. The molecule has 0 amide bonds. The molecular formula is C18H21F2N3O3S. The number of ether oxygens (including phenoxy) is 3. The normalized spacial score (nSPS) is 16.6. The van der Waals surface area contributed by atoms with E-state index in [2.05, 4.69) is 27.5 Å². The zero-order chi connectivity index (χ0) is 19.4. The van der Waals surface area contributed by atoms with Crippen LogP contribution in [-0.2, 0) is 18.0 Å². The third-order valence-electron chi connectivity index (χ3n) is 4.30. The van der Waals surface area contributed by atoms with Crippen molar-refractivity contribution in [2.24, 2.45) is 0 Å². The second-order valence-corrected chi connectivity index (χ2v) is 6.90. The van der Waals surface area contributed by atoms with E-state index in [-0.39, 0.29) is 35.8 Å². The third-order valence-corrected chi connectivity index (χ3v) is 4.72. The van der Waals surface area contributed by atoms with Crippen molar-refractivity contribution in [2.45, 2.75) is 24.9 Å². The van der Waals surface area contributed by atoms with E-state index in [4.69, 9.17) is 14.2 Å². The van der Waals surface area contributed by atoms with Crippen molar-refractivity contribution in [1.82, 2.24) is 9.97 Å². The van der Waals surface area contributed by atoms with E-state index in [0.29, 0.717) is 5.82 Å². The van der Waals surface area contributed by atoms with Crippen LogP contribution in [0.1, 0.15) is 17.5 Å². The summed E-state index contributed by atoms with van der Waals surface area (Å²) in [5.41, 5.74) is 0.855. The first-order valence-electron chi connectivity index (χ1n) is 8.44. The number of rotatable bonds is 7. The van der Waals surface area contributed by atoms with E-state index >= 15 is 0 Å². The van der Waals surface area contributed by atoms with Crippen LogP contribution >= 0.6 is 12.6 Å². The van der Waals surface area contributed by atoms with Gasteiger partial charge < -0.3 is 19.1 Å². The van der Waals surface area contributed by atoms with Crippen molar-refractivity contribution in [3.05, 3.63) is 41.1 Å². The van der Waals surface area contributed by atoms with Gasteiger partial charge in [0.25, 0.3) is 0 Å². The lowest BCUT2D eigenvalue weighted by Crippen LogP contribution is -2.23. The molecule has 1 aromatic carbocycles. The van der Waals surface area contributed by atoms with E-state index in [0.717, 1.165) is 37.2 Å². The Kier molecular flexibility index (Phi) is 6.33. The molecule has 0 aliphatic carbocycles. The second kappa shape index (κ2) is 8.71. The van der Waals surface area contributed by atoms with E-state index in [9.17, 15) is 8.78 Å². The quantitative estimate of drug-likeness (QED) is 0.725. The van der Waals surface area contributed by atoms with Gasteiger partial charge in [-0.05, 0) is 12.5 Å². The Labute approximate surface area is 161 Å². The molecule has 1 unspecified atom stereocenters. The first kappa shape index (κ1) is 19.6. The van der Waals surface area contributed by atoms with Crippen LogP contribution in [0.5, 0.6) is 11.8 Å². The van der Waals surface area contributed by atoms with Crippen molar-refractivity contribution < 1.29 is 23.0 Å². The summed E-state index contributed by atoms with van der Waals surface area (Å²) in [5.74, 6) is -0.656. The van der Waals surface area contributed by atoms with Gasteiger partial charge in [0.05, 0.1) is 27.4 Å². The molecular weight excluding hydrogens is 376 g/mol. The van der Waals surface area contributed by atoms with Crippen LogP contribution < -0.4 is 14.4 Å². The van der Waals surface area contributed by atoms with Crippen LogP contribution in [0.2, 0.25) is 0 Å². The molecule has 0 bridgehead atoms. The van der Waals surface area contributed by atoms with E-state index < -0.39 is 11.6 Å².